The Labute approximate surface area is 165 Å². The molecule has 11 heteroatoms. The molecular weight excluding hydrogens is 384 g/mol. The monoisotopic (exact) mass is 404 g/mol. The molecule has 0 aliphatic heterocycles. The van der Waals surface area contributed by atoms with Crippen LogP contribution in [0.25, 0.3) is 0 Å². The predicted molar refractivity (Wildman–Crippen MR) is 101 cm³/mol. The summed E-state index contributed by atoms with van der Waals surface area (Å²) in [6.45, 7) is 3.37. The lowest BCUT2D eigenvalue weighted by atomic mass is 10.1. The third-order valence-electron chi connectivity index (χ3n) is 4.09. The number of carbonyl (C=O) groups excluding carboxylic acids is 3. The summed E-state index contributed by atoms with van der Waals surface area (Å²) in [7, 11) is 2.39. The number of benzene rings is 1. The van der Waals surface area contributed by atoms with E-state index in [1.807, 2.05) is 0 Å². The number of esters is 2. The van der Waals surface area contributed by atoms with Crippen molar-refractivity contribution in [2.24, 2.45) is 5.92 Å². The zero-order valence-electron chi connectivity index (χ0n) is 16.3. The molecule has 29 heavy (non-hydrogen) atoms. The zero-order chi connectivity index (χ0) is 21.7. The summed E-state index contributed by atoms with van der Waals surface area (Å²) in [5.41, 5.74) is 0.874. The van der Waals surface area contributed by atoms with Crippen molar-refractivity contribution in [3.8, 4) is 0 Å². The van der Waals surface area contributed by atoms with E-state index in [9.17, 15) is 24.5 Å². The molecule has 154 valence electrons. The van der Waals surface area contributed by atoms with Crippen molar-refractivity contribution in [2.45, 2.75) is 20.4 Å². The molecule has 1 aromatic heterocycles. The highest BCUT2D eigenvalue weighted by Crippen LogP contribution is 2.19. The minimum Gasteiger partial charge on any atom is -0.465 e. The van der Waals surface area contributed by atoms with Gasteiger partial charge in [0.15, 0.2) is 0 Å². The van der Waals surface area contributed by atoms with Crippen LogP contribution in [0.15, 0.2) is 24.3 Å². The largest absolute Gasteiger partial charge is 0.465 e. The van der Waals surface area contributed by atoms with Crippen LogP contribution < -0.4 is 5.32 Å². The number of rotatable bonds is 7. The Hall–Kier alpha value is -3.76. The highest BCUT2D eigenvalue weighted by atomic mass is 16.6. The van der Waals surface area contributed by atoms with Gasteiger partial charge in [-0.1, -0.05) is 6.92 Å². The first-order chi connectivity index (χ1) is 13.7. The fraction of sp³-hybridized carbons (Fsp3) is 0.333. The van der Waals surface area contributed by atoms with E-state index in [2.05, 4.69) is 19.9 Å². The topological polar surface area (TPSA) is 143 Å². The summed E-state index contributed by atoms with van der Waals surface area (Å²) in [5.74, 6) is -2.71. The van der Waals surface area contributed by atoms with E-state index in [-0.39, 0.29) is 29.2 Å². The Morgan fingerprint density at radius 3 is 2.14 bits per heavy atom. The number of ether oxygens (including phenoxy) is 2. The number of carbonyl (C=O) groups is 3. The first kappa shape index (κ1) is 21.5. The molecule has 2 aromatic rings. The molecule has 0 saturated heterocycles. The number of aryl methyl sites for hydroxylation is 1. The fourth-order valence-corrected chi connectivity index (χ4v) is 2.55. The normalized spacial score (nSPS) is 11.4. The van der Waals surface area contributed by atoms with Crippen molar-refractivity contribution in [2.75, 3.05) is 19.5 Å². The molecule has 1 aromatic carbocycles. The average Bonchev–Trinajstić information content (AvgIpc) is 3.06. The van der Waals surface area contributed by atoms with Crippen LogP contribution in [0.3, 0.4) is 0 Å². The van der Waals surface area contributed by atoms with Crippen molar-refractivity contribution in [3.05, 3.63) is 51.2 Å². The van der Waals surface area contributed by atoms with Crippen LogP contribution in [0.5, 0.6) is 0 Å². The lowest BCUT2D eigenvalue weighted by Crippen LogP contribution is -2.25. The summed E-state index contributed by atoms with van der Waals surface area (Å²) < 4.78 is 10.7. The molecule has 0 radical (unpaired) electrons. The quantitative estimate of drug-likeness (QED) is 0.419. The third kappa shape index (κ3) is 5.15. The van der Waals surface area contributed by atoms with Gasteiger partial charge in [-0.05, 0) is 30.0 Å². The third-order valence-corrected chi connectivity index (χ3v) is 4.09. The van der Waals surface area contributed by atoms with Gasteiger partial charge in [0.1, 0.15) is 0 Å². The number of aromatic nitrogens is 2. The van der Waals surface area contributed by atoms with E-state index in [4.69, 9.17) is 0 Å². The first-order valence-electron chi connectivity index (χ1n) is 8.47. The SMILES string of the molecule is COC(=O)c1cc(NC(=O)C(C)Cn2nc([N+](=O)[O-])cc2C)cc(C(=O)OC)c1. The minimum atomic E-state index is -0.682. The molecule has 0 fully saturated rings. The number of nitrogens with one attached hydrogen (secondary N) is 1. The van der Waals surface area contributed by atoms with Gasteiger partial charge in [-0.3, -0.25) is 4.79 Å². The van der Waals surface area contributed by atoms with Crippen molar-refractivity contribution in [1.29, 1.82) is 0 Å². The van der Waals surface area contributed by atoms with Crippen LogP contribution in [-0.2, 0) is 20.8 Å². The lowest BCUT2D eigenvalue weighted by Gasteiger charge is -2.13. The van der Waals surface area contributed by atoms with Gasteiger partial charge < -0.3 is 24.9 Å². The zero-order valence-corrected chi connectivity index (χ0v) is 16.3. The molecule has 2 rings (SSSR count). The van der Waals surface area contributed by atoms with Gasteiger partial charge >= 0.3 is 17.8 Å². The van der Waals surface area contributed by atoms with E-state index < -0.39 is 28.7 Å². The highest BCUT2D eigenvalue weighted by molar-refractivity contribution is 5.99. The molecular formula is C18H20N4O7. The molecule has 1 heterocycles. The molecule has 0 bridgehead atoms. The fourth-order valence-electron chi connectivity index (χ4n) is 2.55. The average molecular weight is 404 g/mol. The van der Waals surface area contributed by atoms with Crippen molar-refractivity contribution < 1.29 is 28.8 Å². The minimum absolute atomic E-state index is 0.0666. The number of nitro groups is 1. The maximum absolute atomic E-state index is 12.6. The summed E-state index contributed by atoms with van der Waals surface area (Å²) >= 11 is 0. The van der Waals surface area contributed by atoms with Crippen molar-refractivity contribution in [3.63, 3.8) is 0 Å². The number of anilines is 1. The van der Waals surface area contributed by atoms with Gasteiger partial charge in [-0.2, -0.15) is 4.68 Å². The van der Waals surface area contributed by atoms with Gasteiger partial charge in [0.25, 0.3) is 0 Å². The Morgan fingerprint density at radius 2 is 1.69 bits per heavy atom. The number of nitrogens with zero attached hydrogens (tertiary/aromatic N) is 3. The van der Waals surface area contributed by atoms with Crippen molar-refractivity contribution >= 4 is 29.4 Å². The van der Waals surface area contributed by atoms with Gasteiger partial charge in [-0.15, -0.1) is 0 Å². The summed E-state index contributed by atoms with van der Waals surface area (Å²) in [6.07, 6.45) is 0. The summed E-state index contributed by atoms with van der Waals surface area (Å²) in [6, 6.07) is 5.34. The van der Waals surface area contributed by atoms with Crippen LogP contribution in [0.1, 0.15) is 33.3 Å². The van der Waals surface area contributed by atoms with Gasteiger partial charge in [0.2, 0.25) is 5.91 Å². The summed E-state index contributed by atoms with van der Waals surface area (Å²) in [5, 5.41) is 17.3. The number of hydrogen-bond donors (Lipinski definition) is 1. The smallest absolute Gasteiger partial charge is 0.390 e. The van der Waals surface area contributed by atoms with E-state index in [1.54, 1.807) is 13.8 Å². The first-order valence-corrected chi connectivity index (χ1v) is 8.47. The molecule has 0 spiro atoms. The van der Waals surface area contributed by atoms with Crippen LogP contribution >= 0.6 is 0 Å². The summed E-state index contributed by atoms with van der Waals surface area (Å²) in [4.78, 5) is 46.4. The molecule has 0 aliphatic rings. The van der Waals surface area contributed by atoms with Gasteiger partial charge in [0, 0.05) is 5.69 Å². The molecule has 1 atom stereocenters. The molecule has 1 unspecified atom stereocenters. The van der Waals surface area contributed by atoms with Crippen molar-refractivity contribution in [1.82, 2.24) is 9.78 Å². The van der Waals surface area contributed by atoms with E-state index >= 15 is 0 Å². The molecule has 0 saturated carbocycles. The standard InChI is InChI=1S/C18H20N4O7/c1-10(9-21-11(2)5-15(20-21)22(26)27)16(23)19-14-7-12(17(24)28-3)6-13(8-14)18(25)29-4/h5-8,10H,9H2,1-4H3,(H,19,23). The van der Waals surface area contributed by atoms with E-state index in [0.717, 1.165) is 0 Å². The van der Waals surface area contributed by atoms with Crippen LogP contribution in [-0.4, -0.2) is 46.8 Å². The Morgan fingerprint density at radius 1 is 1.14 bits per heavy atom. The second-order valence-corrected chi connectivity index (χ2v) is 6.26. The second kappa shape index (κ2) is 8.95. The maximum Gasteiger partial charge on any atom is 0.390 e. The van der Waals surface area contributed by atoms with Gasteiger partial charge in [0.05, 0.1) is 54.7 Å². The second-order valence-electron chi connectivity index (χ2n) is 6.26. The highest BCUT2D eigenvalue weighted by Gasteiger charge is 2.22. The Kier molecular flexibility index (Phi) is 6.65. The van der Waals surface area contributed by atoms with Crippen LogP contribution in [0.4, 0.5) is 11.5 Å². The Balaban J connectivity index is 2.21. The Bertz CT molecular complexity index is 933. The maximum atomic E-state index is 12.6. The molecule has 11 nitrogen and oxygen atoms in total. The van der Waals surface area contributed by atoms with Crippen LogP contribution in [0.2, 0.25) is 0 Å². The predicted octanol–water partition coefficient (Wildman–Crippen LogP) is 1.95. The molecule has 0 aliphatic carbocycles. The molecule has 1 N–H and O–H groups in total. The van der Waals surface area contributed by atoms with E-state index in [0.29, 0.717) is 5.69 Å². The van der Waals surface area contributed by atoms with Crippen LogP contribution in [0, 0.1) is 23.0 Å². The molecule has 1 amide bonds. The van der Waals surface area contributed by atoms with Gasteiger partial charge in [-0.25, -0.2) is 9.59 Å². The van der Waals surface area contributed by atoms with E-state index in [1.165, 1.54) is 43.2 Å². The number of hydrogen-bond acceptors (Lipinski definition) is 8. The number of amides is 1. The lowest BCUT2D eigenvalue weighted by molar-refractivity contribution is -0.389. The number of methoxy groups -OCH3 is 2.